The molecule has 0 atom stereocenters. The molecule has 6 nitrogen and oxygen atoms in total. The van der Waals surface area contributed by atoms with E-state index in [-0.39, 0.29) is 17.0 Å². The summed E-state index contributed by atoms with van der Waals surface area (Å²) in [5.41, 5.74) is 1.79. The second-order valence-corrected chi connectivity index (χ2v) is 9.17. The molecular weight excluding hydrogens is 393 g/mol. The molecule has 0 saturated heterocycles. The van der Waals surface area contributed by atoms with E-state index in [0.29, 0.717) is 0 Å². The smallest absolute Gasteiger partial charge is 0.254 e. The molecule has 0 bridgehead atoms. The fourth-order valence-corrected chi connectivity index (χ4v) is 3.92. The second-order valence-electron chi connectivity index (χ2n) is 7.01. The molecule has 0 spiro atoms. The van der Waals surface area contributed by atoms with Gasteiger partial charge in [0.1, 0.15) is 12.4 Å². The molecule has 0 aliphatic heterocycles. The van der Waals surface area contributed by atoms with Gasteiger partial charge in [0.2, 0.25) is 10.0 Å². The van der Waals surface area contributed by atoms with E-state index in [4.69, 9.17) is 0 Å². The minimum atomic E-state index is -3.76. The van der Waals surface area contributed by atoms with Crippen LogP contribution in [0.3, 0.4) is 0 Å². The molecule has 8 heteroatoms. The zero-order chi connectivity index (χ0) is 21.6. The maximum atomic E-state index is 14.2. The lowest BCUT2D eigenvalue weighted by Crippen LogP contribution is -3.10. The van der Waals surface area contributed by atoms with Crippen molar-refractivity contribution in [2.24, 2.45) is 0 Å². The molecule has 0 unspecified atom stereocenters. The fourth-order valence-electron chi connectivity index (χ4n) is 2.99. The zero-order valence-electron chi connectivity index (χ0n) is 17.3. The Hall–Kier alpha value is -2.29. The molecule has 158 valence electrons. The van der Waals surface area contributed by atoms with E-state index in [9.17, 15) is 17.6 Å². The minimum Gasteiger partial charge on any atom is -0.348 e. The topological polar surface area (TPSA) is 70.9 Å². The third kappa shape index (κ3) is 5.62. The molecule has 0 heterocycles. The summed E-state index contributed by atoms with van der Waals surface area (Å²) in [7, 11) is -0.995. The Morgan fingerprint density at radius 3 is 2.28 bits per heavy atom. The van der Waals surface area contributed by atoms with Gasteiger partial charge in [-0.15, -0.1) is 0 Å². The normalized spacial score (nSPS) is 11.8. The number of sulfonamides is 1. The molecule has 2 N–H and O–H groups in total. The molecule has 0 aromatic heterocycles. The predicted molar refractivity (Wildman–Crippen MR) is 111 cm³/mol. The van der Waals surface area contributed by atoms with Crippen LogP contribution in [0.4, 0.5) is 4.39 Å². The summed E-state index contributed by atoms with van der Waals surface area (Å²) in [6, 6.07) is 11.0. The highest BCUT2D eigenvalue weighted by atomic mass is 32.2. The standard InChI is InChI=1S/C21H28FN3O3S/c1-5-25(6-2)15-17-10-8-7-9-16(17)14-23-21(26)19-13-18(11-12-20(19)22)29(27,28)24(3)4/h7-13H,5-6,14-15H2,1-4H3,(H,23,26)/p+1. The number of hydrogen-bond acceptors (Lipinski definition) is 3. The maximum Gasteiger partial charge on any atom is 0.254 e. The monoisotopic (exact) mass is 422 g/mol. The minimum absolute atomic E-state index is 0.125. The van der Waals surface area contributed by atoms with Crippen LogP contribution in [-0.4, -0.2) is 45.8 Å². The highest BCUT2D eigenvalue weighted by Crippen LogP contribution is 2.18. The van der Waals surface area contributed by atoms with Gasteiger partial charge in [-0.1, -0.05) is 24.3 Å². The van der Waals surface area contributed by atoms with Gasteiger partial charge in [-0.3, -0.25) is 4.79 Å². The Kier molecular flexibility index (Phi) is 7.89. The van der Waals surface area contributed by atoms with E-state index < -0.39 is 21.7 Å². The molecule has 0 aliphatic carbocycles. The second kappa shape index (κ2) is 9.96. The number of quaternary nitrogens is 1. The lowest BCUT2D eigenvalue weighted by molar-refractivity contribution is -0.910. The van der Waals surface area contributed by atoms with Gasteiger partial charge < -0.3 is 10.2 Å². The summed E-state index contributed by atoms with van der Waals surface area (Å²) in [5, 5.41) is 2.72. The van der Waals surface area contributed by atoms with Crippen LogP contribution >= 0.6 is 0 Å². The summed E-state index contributed by atoms with van der Waals surface area (Å²) in [6.07, 6.45) is 0. The Labute approximate surface area is 172 Å². The number of carbonyl (C=O) groups excluding carboxylic acids is 1. The first-order valence-corrected chi connectivity index (χ1v) is 11.0. The number of amides is 1. The Balaban J connectivity index is 2.21. The molecule has 1 amide bonds. The van der Waals surface area contributed by atoms with E-state index >= 15 is 0 Å². The molecule has 0 fully saturated rings. The van der Waals surface area contributed by atoms with Gasteiger partial charge in [0.25, 0.3) is 5.91 Å². The van der Waals surface area contributed by atoms with E-state index in [1.54, 1.807) is 0 Å². The molecule has 2 aromatic rings. The first-order valence-electron chi connectivity index (χ1n) is 9.61. The van der Waals surface area contributed by atoms with Crippen molar-refractivity contribution >= 4 is 15.9 Å². The van der Waals surface area contributed by atoms with E-state index in [2.05, 4.69) is 19.2 Å². The number of rotatable bonds is 9. The largest absolute Gasteiger partial charge is 0.348 e. The molecule has 0 saturated carbocycles. The van der Waals surface area contributed by atoms with Crippen molar-refractivity contribution in [3.8, 4) is 0 Å². The van der Waals surface area contributed by atoms with Crippen molar-refractivity contribution in [3.05, 3.63) is 65.0 Å². The number of nitrogens with zero attached hydrogens (tertiary/aromatic N) is 1. The van der Waals surface area contributed by atoms with Gasteiger partial charge in [-0.2, -0.15) is 0 Å². The van der Waals surface area contributed by atoms with Gasteiger partial charge in [0, 0.05) is 26.2 Å². The first-order chi connectivity index (χ1) is 13.7. The number of benzene rings is 2. The highest BCUT2D eigenvalue weighted by Gasteiger charge is 2.21. The van der Waals surface area contributed by atoms with Crippen molar-refractivity contribution < 1.29 is 22.5 Å². The third-order valence-electron chi connectivity index (χ3n) is 4.96. The van der Waals surface area contributed by atoms with Crippen LogP contribution < -0.4 is 10.2 Å². The van der Waals surface area contributed by atoms with E-state index in [1.807, 2.05) is 24.3 Å². The Morgan fingerprint density at radius 2 is 1.69 bits per heavy atom. The van der Waals surface area contributed by atoms with Crippen molar-refractivity contribution in [1.82, 2.24) is 9.62 Å². The lowest BCUT2D eigenvalue weighted by Gasteiger charge is -2.18. The summed E-state index contributed by atoms with van der Waals surface area (Å²) in [4.78, 5) is 13.9. The number of nitrogens with one attached hydrogen (secondary N) is 2. The van der Waals surface area contributed by atoms with Crippen molar-refractivity contribution in [2.75, 3.05) is 27.2 Å². The first kappa shape index (κ1) is 23.0. The summed E-state index contributed by atoms with van der Waals surface area (Å²) in [5.74, 6) is -1.41. The van der Waals surface area contributed by atoms with E-state index in [0.717, 1.165) is 53.3 Å². The third-order valence-corrected chi connectivity index (χ3v) is 6.77. The molecule has 0 aliphatic rings. The van der Waals surface area contributed by atoms with Crippen LogP contribution in [0.15, 0.2) is 47.4 Å². The Bertz CT molecular complexity index is 957. The van der Waals surface area contributed by atoms with E-state index in [1.165, 1.54) is 19.0 Å². The number of hydrogen-bond donors (Lipinski definition) is 2. The quantitative estimate of drug-likeness (QED) is 0.642. The lowest BCUT2D eigenvalue weighted by atomic mass is 10.1. The fraction of sp³-hybridized carbons (Fsp3) is 0.381. The summed E-state index contributed by atoms with van der Waals surface area (Å²) < 4.78 is 39.8. The molecule has 0 radical (unpaired) electrons. The average Bonchev–Trinajstić information content (AvgIpc) is 2.70. The molecule has 2 rings (SSSR count). The number of halogens is 1. The van der Waals surface area contributed by atoms with Gasteiger partial charge in [0.05, 0.1) is 23.5 Å². The van der Waals surface area contributed by atoms with Gasteiger partial charge in [-0.05, 0) is 37.6 Å². The molecule has 2 aromatic carbocycles. The molecular formula is C21H29FN3O3S+. The van der Waals surface area contributed by atoms with Crippen LogP contribution in [0, 0.1) is 5.82 Å². The summed E-state index contributed by atoms with van der Waals surface area (Å²) in [6.45, 7) is 7.32. The van der Waals surface area contributed by atoms with Gasteiger partial charge in [0.15, 0.2) is 0 Å². The molecule has 29 heavy (non-hydrogen) atoms. The van der Waals surface area contributed by atoms with Crippen LogP contribution in [0.25, 0.3) is 0 Å². The van der Waals surface area contributed by atoms with Gasteiger partial charge in [-0.25, -0.2) is 17.1 Å². The van der Waals surface area contributed by atoms with Crippen molar-refractivity contribution in [3.63, 3.8) is 0 Å². The van der Waals surface area contributed by atoms with Crippen LogP contribution in [-0.2, 0) is 23.1 Å². The average molecular weight is 423 g/mol. The SMILES string of the molecule is CC[NH+](CC)Cc1ccccc1CNC(=O)c1cc(S(=O)(=O)N(C)C)ccc1F. The van der Waals surface area contributed by atoms with Gasteiger partial charge >= 0.3 is 0 Å². The number of carbonyl (C=O) groups is 1. The maximum absolute atomic E-state index is 14.2. The van der Waals surface area contributed by atoms with Crippen LogP contribution in [0.5, 0.6) is 0 Å². The van der Waals surface area contributed by atoms with Crippen molar-refractivity contribution in [2.45, 2.75) is 31.8 Å². The summed E-state index contributed by atoms with van der Waals surface area (Å²) >= 11 is 0. The highest BCUT2D eigenvalue weighted by molar-refractivity contribution is 7.89. The van der Waals surface area contributed by atoms with Crippen LogP contribution in [0.2, 0.25) is 0 Å². The predicted octanol–water partition coefficient (Wildman–Crippen LogP) is 1.43. The van der Waals surface area contributed by atoms with Crippen LogP contribution in [0.1, 0.15) is 35.3 Å². The Morgan fingerprint density at radius 1 is 1.07 bits per heavy atom. The van der Waals surface area contributed by atoms with Crippen molar-refractivity contribution in [1.29, 1.82) is 0 Å². The zero-order valence-corrected chi connectivity index (χ0v) is 18.1.